The second-order valence-electron chi connectivity index (χ2n) is 14.0. The van der Waals surface area contributed by atoms with Crippen LogP contribution in [0.2, 0.25) is 0 Å². The van der Waals surface area contributed by atoms with Gasteiger partial charge in [-0.05, 0) is 57.7 Å². The van der Waals surface area contributed by atoms with Crippen molar-refractivity contribution in [3.8, 4) is 34.8 Å². The monoisotopic (exact) mass is 675 g/mol. The van der Waals surface area contributed by atoms with Gasteiger partial charge in [0.25, 0.3) is 0 Å². The lowest BCUT2D eigenvalue weighted by Crippen LogP contribution is -2.69. The van der Waals surface area contributed by atoms with E-state index in [1.54, 1.807) is 6.92 Å². The standard InChI is InChI=1S/C36H45N5O8/c1-16(2)9-27(43)39-19(5)36(45)38-14-26-29-22(33(49-20(6)42)18(4)34-35(29)48-15-47-34)12-24-30-28-21(10-17(3)32(46-8)31(28)44)11-23(40(30)7)25(13-37)41(24)26/h10,16,19,23-26,30,44H,9,11-12,14-15H2,1-8H3,(H,38,45)(H,39,43)/t19-,23?,24+,25+,26+,30?/m1/s1. The molecule has 2 aromatic carbocycles. The Morgan fingerprint density at radius 3 is 2.47 bits per heavy atom. The number of amides is 2. The molecule has 0 aliphatic carbocycles. The molecule has 1 saturated heterocycles. The Labute approximate surface area is 286 Å². The maximum atomic E-state index is 13.5. The number of piperazine rings is 1. The largest absolute Gasteiger partial charge is 0.504 e. The van der Waals surface area contributed by atoms with Crippen molar-refractivity contribution in [1.29, 1.82) is 5.26 Å². The third kappa shape index (κ3) is 5.70. The number of likely N-dealkylation sites (N-methyl/N-ethyl adjacent to an activating group) is 1. The molecule has 3 N–H and O–H groups in total. The maximum Gasteiger partial charge on any atom is 0.308 e. The number of phenolic OH excluding ortho intramolecular Hbond substituents is 1. The van der Waals surface area contributed by atoms with E-state index in [9.17, 15) is 24.8 Å². The van der Waals surface area contributed by atoms with Crippen molar-refractivity contribution in [2.45, 2.75) is 97.1 Å². The molecule has 0 saturated carbocycles. The Morgan fingerprint density at radius 2 is 1.82 bits per heavy atom. The van der Waals surface area contributed by atoms with Crippen LogP contribution in [0, 0.1) is 31.1 Å². The van der Waals surface area contributed by atoms with Gasteiger partial charge in [-0.2, -0.15) is 5.26 Å². The van der Waals surface area contributed by atoms with Crippen molar-refractivity contribution in [1.82, 2.24) is 20.4 Å². The Morgan fingerprint density at radius 1 is 1.10 bits per heavy atom. The first-order valence-corrected chi connectivity index (χ1v) is 16.8. The summed E-state index contributed by atoms with van der Waals surface area (Å²) < 4.78 is 23.5. The van der Waals surface area contributed by atoms with Gasteiger partial charge in [0.15, 0.2) is 23.0 Å². The molecule has 49 heavy (non-hydrogen) atoms. The zero-order valence-electron chi connectivity index (χ0n) is 29.3. The fourth-order valence-electron chi connectivity index (χ4n) is 8.40. The number of ether oxygens (including phenoxy) is 4. The predicted octanol–water partition coefficient (Wildman–Crippen LogP) is 3.11. The van der Waals surface area contributed by atoms with Crippen LogP contribution in [-0.4, -0.2) is 84.4 Å². The Balaban J connectivity index is 1.50. The maximum absolute atomic E-state index is 13.5. The van der Waals surface area contributed by atoms with Gasteiger partial charge in [-0.1, -0.05) is 19.9 Å². The fraction of sp³-hybridized carbons (Fsp3) is 0.556. The van der Waals surface area contributed by atoms with Gasteiger partial charge < -0.3 is 34.7 Å². The van der Waals surface area contributed by atoms with Gasteiger partial charge >= 0.3 is 5.97 Å². The summed E-state index contributed by atoms with van der Waals surface area (Å²) in [7, 11) is 3.50. The van der Waals surface area contributed by atoms with E-state index in [0.717, 1.165) is 16.7 Å². The molecule has 0 aromatic heterocycles. The summed E-state index contributed by atoms with van der Waals surface area (Å²) in [5, 5.41) is 28.4. The Bertz CT molecular complexity index is 1750. The molecule has 6 rings (SSSR count). The van der Waals surface area contributed by atoms with E-state index in [-0.39, 0.29) is 48.9 Å². The number of nitrogens with zero attached hydrogens (tertiary/aromatic N) is 3. The topological polar surface area (TPSA) is 163 Å². The van der Waals surface area contributed by atoms with Crippen molar-refractivity contribution in [2.24, 2.45) is 5.92 Å². The summed E-state index contributed by atoms with van der Waals surface area (Å²) in [6, 6.07) is 1.52. The van der Waals surface area contributed by atoms with E-state index in [1.165, 1.54) is 14.0 Å². The first-order valence-electron chi connectivity index (χ1n) is 16.8. The van der Waals surface area contributed by atoms with Gasteiger partial charge in [-0.25, -0.2) is 0 Å². The van der Waals surface area contributed by atoms with Crippen LogP contribution in [0.15, 0.2) is 6.07 Å². The number of nitrogens with one attached hydrogen (secondary N) is 2. The minimum absolute atomic E-state index is 0.0381. The predicted molar refractivity (Wildman–Crippen MR) is 178 cm³/mol. The summed E-state index contributed by atoms with van der Waals surface area (Å²) in [5.41, 5.74) is 4.49. The number of carbonyl (C=O) groups excluding carboxylic acids is 3. The van der Waals surface area contributed by atoms with E-state index in [0.29, 0.717) is 59.0 Å². The Hall–Kier alpha value is -4.54. The number of rotatable bonds is 8. The lowest BCUT2D eigenvalue weighted by molar-refractivity contribution is -0.132. The van der Waals surface area contributed by atoms with E-state index in [4.69, 9.17) is 18.9 Å². The Kier molecular flexibility index (Phi) is 9.15. The molecule has 13 nitrogen and oxygen atoms in total. The molecule has 2 unspecified atom stereocenters. The minimum Gasteiger partial charge on any atom is -0.504 e. The summed E-state index contributed by atoms with van der Waals surface area (Å²) in [6.07, 6.45) is 1.15. The van der Waals surface area contributed by atoms with Crippen LogP contribution in [0.4, 0.5) is 0 Å². The van der Waals surface area contributed by atoms with E-state index < -0.39 is 30.1 Å². The number of benzene rings is 2. The highest BCUT2D eigenvalue weighted by atomic mass is 16.7. The van der Waals surface area contributed by atoms with Crippen LogP contribution >= 0.6 is 0 Å². The third-order valence-electron chi connectivity index (χ3n) is 10.3. The highest BCUT2D eigenvalue weighted by Gasteiger charge is 2.57. The zero-order chi connectivity index (χ0) is 35.5. The molecule has 2 amide bonds. The highest BCUT2D eigenvalue weighted by molar-refractivity contribution is 5.87. The van der Waals surface area contributed by atoms with Crippen molar-refractivity contribution in [2.75, 3.05) is 27.5 Å². The molecule has 4 heterocycles. The summed E-state index contributed by atoms with van der Waals surface area (Å²) in [4.78, 5) is 42.8. The van der Waals surface area contributed by atoms with Gasteiger partial charge in [0.05, 0.1) is 25.3 Å². The number of aromatic hydroxyl groups is 1. The number of nitriles is 1. The molecule has 262 valence electrons. The normalized spacial score (nSPS) is 24.2. The fourth-order valence-corrected chi connectivity index (χ4v) is 8.40. The van der Waals surface area contributed by atoms with Crippen LogP contribution in [-0.2, 0) is 27.2 Å². The van der Waals surface area contributed by atoms with Gasteiger partial charge in [-0.3, -0.25) is 24.2 Å². The molecule has 2 aromatic rings. The van der Waals surface area contributed by atoms with Gasteiger partial charge in [-0.15, -0.1) is 0 Å². The quantitative estimate of drug-likeness (QED) is 0.278. The molecule has 0 radical (unpaired) electrons. The number of hydrogen-bond donors (Lipinski definition) is 3. The highest BCUT2D eigenvalue weighted by Crippen LogP contribution is 2.58. The number of fused-ring (bicyclic) bond motifs is 9. The molecule has 2 bridgehead atoms. The molecular formula is C36H45N5O8. The van der Waals surface area contributed by atoms with E-state index >= 15 is 0 Å². The molecular weight excluding hydrogens is 630 g/mol. The number of methoxy groups -OCH3 is 1. The van der Waals surface area contributed by atoms with Gasteiger partial charge in [0, 0.05) is 54.2 Å². The number of hydrogen-bond acceptors (Lipinski definition) is 11. The van der Waals surface area contributed by atoms with Gasteiger partial charge in [0.1, 0.15) is 17.8 Å². The number of aryl methyl sites for hydroxylation is 1. The smallest absolute Gasteiger partial charge is 0.308 e. The lowest BCUT2D eigenvalue weighted by atomic mass is 9.71. The summed E-state index contributed by atoms with van der Waals surface area (Å²) >= 11 is 0. The zero-order valence-corrected chi connectivity index (χ0v) is 29.3. The third-order valence-corrected chi connectivity index (χ3v) is 10.3. The molecule has 13 heteroatoms. The van der Waals surface area contributed by atoms with Crippen LogP contribution in [0.5, 0.6) is 28.7 Å². The SMILES string of the molecule is COc1c(C)cc2c(c1O)C1[C@@H]3Cc4c(OC(C)=O)c(C)c5c(c4[C@H](CNC(=O)[C@@H](C)NC(=O)CC(C)C)N3[C@@H](C#N)C(C2)N1C)OCO5. The second kappa shape index (κ2) is 13.1. The van der Waals surface area contributed by atoms with Crippen molar-refractivity contribution in [3.63, 3.8) is 0 Å². The number of phenols is 1. The van der Waals surface area contributed by atoms with E-state index in [1.807, 2.05) is 40.8 Å². The number of carbonyl (C=O) groups is 3. The van der Waals surface area contributed by atoms with Crippen LogP contribution < -0.4 is 29.6 Å². The average Bonchev–Trinajstić information content (AvgIpc) is 3.52. The average molecular weight is 676 g/mol. The van der Waals surface area contributed by atoms with Crippen molar-refractivity contribution in [3.05, 3.63) is 39.4 Å². The van der Waals surface area contributed by atoms with E-state index in [2.05, 4.69) is 26.5 Å². The molecule has 4 aliphatic heterocycles. The minimum atomic E-state index is -0.803. The summed E-state index contributed by atoms with van der Waals surface area (Å²) in [6.45, 7) is 10.6. The molecule has 4 aliphatic rings. The second-order valence-corrected chi connectivity index (χ2v) is 14.0. The van der Waals surface area contributed by atoms with Crippen LogP contribution in [0.25, 0.3) is 0 Å². The first-order chi connectivity index (χ1) is 23.3. The molecule has 0 spiro atoms. The van der Waals surface area contributed by atoms with Crippen LogP contribution in [0.1, 0.15) is 79.6 Å². The van der Waals surface area contributed by atoms with Crippen LogP contribution in [0.3, 0.4) is 0 Å². The van der Waals surface area contributed by atoms with Gasteiger partial charge in [0.2, 0.25) is 18.6 Å². The van der Waals surface area contributed by atoms with Crippen molar-refractivity contribution < 1.29 is 38.4 Å². The van der Waals surface area contributed by atoms with Crippen molar-refractivity contribution >= 4 is 17.8 Å². The molecule has 6 atom stereocenters. The lowest BCUT2D eigenvalue weighted by Gasteiger charge is -2.60. The summed E-state index contributed by atoms with van der Waals surface area (Å²) in [5.74, 6) is 0.791. The molecule has 1 fully saturated rings. The first kappa shape index (κ1) is 34.3. The number of esters is 1.